The van der Waals surface area contributed by atoms with Crippen LogP contribution < -0.4 is 0 Å². The maximum atomic E-state index is 9.59. The molecule has 0 amide bonds. The first-order chi connectivity index (χ1) is 23.0. The van der Waals surface area contributed by atoms with E-state index in [4.69, 9.17) is 15.0 Å². The van der Waals surface area contributed by atoms with Crippen LogP contribution in [-0.2, 0) is 5.41 Å². The summed E-state index contributed by atoms with van der Waals surface area (Å²) in [5.41, 5.74) is 12.7. The number of nitriles is 1. The lowest BCUT2D eigenvalue weighted by Gasteiger charge is -2.22. The van der Waals surface area contributed by atoms with E-state index in [1.54, 1.807) is 6.07 Å². The van der Waals surface area contributed by atoms with E-state index in [0.717, 1.165) is 38.9 Å². The van der Waals surface area contributed by atoms with E-state index in [9.17, 15) is 5.26 Å². The summed E-state index contributed by atoms with van der Waals surface area (Å²) in [6.45, 7) is 4.62. The lowest BCUT2D eigenvalue weighted by Crippen LogP contribution is -2.14. The van der Waals surface area contributed by atoms with Crippen LogP contribution in [0, 0.1) is 11.3 Å². The van der Waals surface area contributed by atoms with Crippen LogP contribution in [0.1, 0.15) is 30.5 Å². The van der Waals surface area contributed by atoms with Gasteiger partial charge in [0.1, 0.15) is 0 Å². The van der Waals surface area contributed by atoms with Crippen molar-refractivity contribution in [2.45, 2.75) is 19.3 Å². The molecule has 0 saturated carbocycles. The van der Waals surface area contributed by atoms with Gasteiger partial charge in [0.2, 0.25) is 0 Å². The molecule has 7 aromatic rings. The van der Waals surface area contributed by atoms with E-state index < -0.39 is 0 Å². The van der Waals surface area contributed by atoms with Crippen molar-refractivity contribution in [1.29, 1.82) is 5.26 Å². The molecule has 1 aromatic heterocycles. The number of fused-ring (bicyclic) bond motifs is 3. The van der Waals surface area contributed by atoms with Gasteiger partial charge in [-0.15, -0.1) is 0 Å². The first-order valence-electron chi connectivity index (χ1n) is 15.8. The summed E-state index contributed by atoms with van der Waals surface area (Å²) < 4.78 is 0. The number of nitrogens with zero attached hydrogens (tertiary/aromatic N) is 4. The molecule has 47 heavy (non-hydrogen) atoms. The molecule has 0 bridgehead atoms. The van der Waals surface area contributed by atoms with Crippen LogP contribution in [0.2, 0.25) is 0 Å². The van der Waals surface area contributed by atoms with Gasteiger partial charge < -0.3 is 0 Å². The number of benzene rings is 6. The number of hydrogen-bond donors (Lipinski definition) is 0. The second kappa shape index (κ2) is 11.3. The summed E-state index contributed by atoms with van der Waals surface area (Å²) in [5.74, 6) is 1.68. The summed E-state index contributed by atoms with van der Waals surface area (Å²) in [5, 5.41) is 9.59. The summed E-state index contributed by atoms with van der Waals surface area (Å²) in [6, 6.07) is 52.2. The average molecular weight is 603 g/mol. The Morgan fingerprint density at radius 3 is 1.70 bits per heavy atom. The van der Waals surface area contributed by atoms with Crippen LogP contribution in [0.25, 0.3) is 67.5 Å². The van der Waals surface area contributed by atoms with Gasteiger partial charge in [-0.2, -0.15) is 5.26 Å². The molecule has 0 N–H and O–H groups in total. The molecule has 4 nitrogen and oxygen atoms in total. The molecular formula is C43H30N4. The zero-order valence-corrected chi connectivity index (χ0v) is 26.1. The third-order valence-electron chi connectivity index (χ3n) is 9.13. The fourth-order valence-corrected chi connectivity index (χ4v) is 6.68. The zero-order chi connectivity index (χ0) is 32.0. The monoisotopic (exact) mass is 602 g/mol. The number of rotatable bonds is 5. The van der Waals surface area contributed by atoms with Crippen LogP contribution in [0.4, 0.5) is 0 Å². The van der Waals surface area contributed by atoms with Gasteiger partial charge in [-0.05, 0) is 80.9 Å². The second-order valence-electron chi connectivity index (χ2n) is 12.5. The quantitative estimate of drug-likeness (QED) is 0.197. The third kappa shape index (κ3) is 5.09. The Labute approximate surface area is 274 Å². The Morgan fingerprint density at radius 2 is 0.979 bits per heavy atom. The highest BCUT2D eigenvalue weighted by molar-refractivity contribution is 5.86. The second-order valence-corrected chi connectivity index (χ2v) is 12.5. The molecule has 0 atom stereocenters. The summed E-state index contributed by atoms with van der Waals surface area (Å²) in [4.78, 5) is 14.9. The van der Waals surface area contributed by atoms with Gasteiger partial charge in [0.25, 0.3) is 0 Å². The van der Waals surface area contributed by atoms with Crippen molar-refractivity contribution in [2.75, 3.05) is 0 Å². The predicted octanol–water partition coefficient (Wildman–Crippen LogP) is 10.4. The van der Waals surface area contributed by atoms with E-state index in [2.05, 4.69) is 105 Å². The Hall–Kier alpha value is -6.18. The highest BCUT2D eigenvalue weighted by Gasteiger charge is 2.35. The minimum absolute atomic E-state index is 0.104. The predicted molar refractivity (Wildman–Crippen MR) is 189 cm³/mol. The average Bonchev–Trinajstić information content (AvgIpc) is 3.37. The van der Waals surface area contributed by atoms with Crippen molar-refractivity contribution in [1.82, 2.24) is 15.0 Å². The molecular weight excluding hydrogens is 573 g/mol. The molecule has 222 valence electrons. The zero-order valence-electron chi connectivity index (χ0n) is 26.1. The topological polar surface area (TPSA) is 62.5 Å². The van der Waals surface area contributed by atoms with Crippen LogP contribution in [-0.4, -0.2) is 15.0 Å². The van der Waals surface area contributed by atoms with Gasteiger partial charge in [0, 0.05) is 22.1 Å². The van der Waals surface area contributed by atoms with Gasteiger partial charge in [-0.25, -0.2) is 15.0 Å². The molecule has 1 aliphatic rings. The molecule has 0 aliphatic heterocycles. The maximum absolute atomic E-state index is 9.59. The Kier molecular flexibility index (Phi) is 6.82. The van der Waals surface area contributed by atoms with Gasteiger partial charge in [0.05, 0.1) is 11.6 Å². The first-order valence-corrected chi connectivity index (χ1v) is 15.8. The van der Waals surface area contributed by atoms with Gasteiger partial charge in [-0.1, -0.05) is 123 Å². The van der Waals surface area contributed by atoms with Crippen molar-refractivity contribution in [3.8, 4) is 73.6 Å². The molecule has 0 unspecified atom stereocenters. The summed E-state index contributed by atoms with van der Waals surface area (Å²) >= 11 is 0. The first kappa shape index (κ1) is 28.3. The van der Waals surface area contributed by atoms with E-state index in [1.807, 2.05) is 54.6 Å². The molecule has 8 rings (SSSR count). The van der Waals surface area contributed by atoms with E-state index >= 15 is 0 Å². The van der Waals surface area contributed by atoms with E-state index in [-0.39, 0.29) is 5.41 Å². The van der Waals surface area contributed by atoms with Crippen LogP contribution in [0.3, 0.4) is 0 Å². The van der Waals surface area contributed by atoms with Gasteiger partial charge in [0.15, 0.2) is 17.5 Å². The smallest absolute Gasteiger partial charge is 0.164 e. The molecule has 6 aromatic carbocycles. The standard InChI is InChI=1S/C43H30N4/c1-43(2)38-19-10-9-18-36(38)37-21-20-31(26-39(37)43)34-23-33(29-13-5-3-6-14-29)24-35(25-34)42-46-40(30-15-7-4-8-16-30)45-41(47-42)32-17-11-12-28(22-32)27-44/h3-26H,1-2H3. The number of hydrogen-bond acceptors (Lipinski definition) is 4. The lowest BCUT2D eigenvalue weighted by molar-refractivity contribution is 0.660. The van der Waals surface area contributed by atoms with Crippen molar-refractivity contribution in [2.24, 2.45) is 0 Å². The Bertz CT molecular complexity index is 2330. The molecule has 0 spiro atoms. The highest BCUT2D eigenvalue weighted by Crippen LogP contribution is 2.49. The van der Waals surface area contributed by atoms with Crippen LogP contribution in [0.15, 0.2) is 146 Å². The van der Waals surface area contributed by atoms with Crippen molar-refractivity contribution >= 4 is 0 Å². The SMILES string of the molecule is CC1(C)c2ccccc2-c2ccc(-c3cc(-c4ccccc4)cc(-c4nc(-c5ccccc5)nc(-c5cccc(C#N)c5)n4)c3)cc21. The van der Waals surface area contributed by atoms with E-state index in [1.165, 1.54) is 22.3 Å². The number of aromatic nitrogens is 3. The third-order valence-corrected chi connectivity index (χ3v) is 9.13. The minimum atomic E-state index is -0.104. The molecule has 4 heteroatoms. The minimum Gasteiger partial charge on any atom is -0.208 e. The lowest BCUT2D eigenvalue weighted by atomic mass is 9.81. The Morgan fingerprint density at radius 1 is 0.426 bits per heavy atom. The van der Waals surface area contributed by atoms with Crippen LogP contribution >= 0.6 is 0 Å². The normalized spacial score (nSPS) is 12.6. The molecule has 0 radical (unpaired) electrons. The fourth-order valence-electron chi connectivity index (χ4n) is 6.68. The van der Waals surface area contributed by atoms with Crippen molar-refractivity contribution in [3.05, 3.63) is 162 Å². The van der Waals surface area contributed by atoms with Gasteiger partial charge >= 0.3 is 0 Å². The van der Waals surface area contributed by atoms with Gasteiger partial charge in [-0.3, -0.25) is 0 Å². The Balaban J connectivity index is 1.33. The van der Waals surface area contributed by atoms with Crippen LogP contribution in [0.5, 0.6) is 0 Å². The summed E-state index contributed by atoms with van der Waals surface area (Å²) in [6.07, 6.45) is 0. The molecule has 0 fully saturated rings. The fraction of sp³-hybridized carbons (Fsp3) is 0.0698. The summed E-state index contributed by atoms with van der Waals surface area (Å²) in [7, 11) is 0. The molecule has 0 saturated heterocycles. The largest absolute Gasteiger partial charge is 0.208 e. The van der Waals surface area contributed by atoms with Crippen molar-refractivity contribution in [3.63, 3.8) is 0 Å². The highest BCUT2D eigenvalue weighted by atomic mass is 15.0. The van der Waals surface area contributed by atoms with E-state index in [0.29, 0.717) is 23.0 Å². The molecule has 1 aliphatic carbocycles. The van der Waals surface area contributed by atoms with Crippen molar-refractivity contribution < 1.29 is 0 Å². The molecule has 1 heterocycles. The maximum Gasteiger partial charge on any atom is 0.164 e.